The third-order valence-electron chi connectivity index (χ3n) is 1.38. The fourth-order valence-corrected chi connectivity index (χ4v) is 10.0. The van der Waals surface area contributed by atoms with E-state index in [-0.39, 0.29) is 0 Å². The van der Waals surface area contributed by atoms with Crippen molar-refractivity contribution in [2.75, 3.05) is 7.11 Å². The molecule has 0 bridgehead atoms. The number of hydrogen-bond acceptors (Lipinski definition) is 1. The molecule has 0 aliphatic carbocycles. The van der Waals surface area contributed by atoms with Gasteiger partial charge in [-0.15, -0.1) is 0 Å². The second-order valence-corrected chi connectivity index (χ2v) is 19.3. The molecule has 0 saturated carbocycles. The Morgan fingerprint density at radius 3 is 2.17 bits per heavy atom. The third-order valence-corrected chi connectivity index (χ3v) is 10.7. The van der Waals surface area contributed by atoms with E-state index in [4.69, 9.17) is 0 Å². The van der Waals surface area contributed by atoms with E-state index in [1.165, 1.54) is 9.76 Å². The van der Waals surface area contributed by atoms with Gasteiger partial charge in [0.1, 0.15) is 10.5 Å². The van der Waals surface area contributed by atoms with Gasteiger partial charge >= 0.3 is 0 Å². The van der Waals surface area contributed by atoms with Gasteiger partial charge < -0.3 is 4.43 Å². The zero-order valence-corrected chi connectivity index (χ0v) is 15.0. The summed E-state index contributed by atoms with van der Waals surface area (Å²) in [5.41, 5.74) is 0. The van der Waals surface area contributed by atoms with Crippen molar-refractivity contribution in [3.05, 3.63) is 30.3 Å². The molecule has 1 aromatic rings. The van der Waals surface area contributed by atoms with Crippen LogP contribution in [0.3, 0.4) is 0 Å². The van der Waals surface area contributed by atoms with Crippen molar-refractivity contribution in [2.24, 2.45) is 0 Å². The topological polar surface area (TPSA) is 9.23 Å². The molecule has 12 heavy (non-hydrogen) atoms. The lowest BCUT2D eigenvalue weighted by Crippen LogP contribution is -2.19. The molecule has 0 spiro atoms. The molecule has 1 aromatic carbocycles. The number of benzene rings is 1. The zero-order valence-electron chi connectivity index (χ0n) is 8.21. The van der Waals surface area contributed by atoms with E-state index in [1.807, 2.05) is 0 Å². The molecule has 0 aliphatic heterocycles. The van der Waals surface area contributed by atoms with Crippen LogP contribution in [-0.2, 0) is 4.43 Å². The minimum Gasteiger partial charge on any atom is -0.431 e. The summed E-state index contributed by atoms with van der Waals surface area (Å²) >= 11 is 0. The second-order valence-electron chi connectivity index (χ2n) is 2.64. The minimum atomic E-state index is 0.300. The standard InChI is InChI=1S/C6H12Si3.CH6OSi/c7-9-8-6-4-2-1-3-5-6;1-2-3/h1-5H,8-9H2,7H3;1,3H3. The summed E-state index contributed by atoms with van der Waals surface area (Å²) in [6.45, 7) is 0. The summed E-state index contributed by atoms with van der Waals surface area (Å²) in [5.74, 6) is 0. The van der Waals surface area contributed by atoms with Crippen LogP contribution >= 0.6 is 0 Å². The van der Waals surface area contributed by atoms with Gasteiger partial charge in [0, 0.05) is 16.1 Å². The van der Waals surface area contributed by atoms with Gasteiger partial charge in [0.2, 0.25) is 0 Å². The van der Waals surface area contributed by atoms with Gasteiger partial charge in [-0.2, -0.15) is 0 Å². The van der Waals surface area contributed by atoms with Crippen LogP contribution < -0.4 is 5.19 Å². The molecule has 0 aromatic heterocycles. The summed E-state index contributed by atoms with van der Waals surface area (Å²) in [4.78, 5) is 0. The van der Waals surface area contributed by atoms with Crippen LogP contribution in [-0.4, -0.2) is 44.9 Å². The summed E-state index contributed by atoms with van der Waals surface area (Å²) in [6, 6.07) is 11.0. The average Bonchev–Trinajstić information content (AvgIpc) is 2.08. The first kappa shape index (κ1) is 12.0. The molecule has 0 N–H and O–H groups in total. The van der Waals surface area contributed by atoms with E-state index in [0.717, 1.165) is 10.5 Å². The Balaban J connectivity index is 0.000000354. The zero-order chi connectivity index (χ0) is 9.23. The molecule has 68 valence electrons. The first-order valence-corrected chi connectivity index (χ1v) is 15.5. The Labute approximate surface area is 85.1 Å². The van der Waals surface area contributed by atoms with E-state index in [1.54, 1.807) is 12.3 Å². The molecule has 0 amide bonds. The lowest BCUT2D eigenvalue weighted by Gasteiger charge is -1.92. The van der Waals surface area contributed by atoms with Gasteiger partial charge in [0.15, 0.2) is 0 Å². The van der Waals surface area contributed by atoms with Gasteiger partial charge in [-0.05, 0) is 18.3 Å². The molecular weight excluding hydrogens is 212 g/mol. The number of hydrogen-bond donors (Lipinski definition) is 0. The predicted octanol–water partition coefficient (Wildman–Crippen LogP) is -3.24. The molecule has 0 fully saturated rings. The van der Waals surface area contributed by atoms with Crippen LogP contribution in [0.15, 0.2) is 30.3 Å². The Hall–Kier alpha value is 0.0475. The molecule has 1 nitrogen and oxygen atoms in total. The largest absolute Gasteiger partial charge is 0.431 e. The van der Waals surface area contributed by atoms with E-state index >= 15 is 0 Å². The van der Waals surface area contributed by atoms with Crippen LogP contribution in [0.2, 0.25) is 0 Å². The predicted molar refractivity (Wildman–Crippen MR) is 70.1 cm³/mol. The highest BCUT2D eigenvalue weighted by Gasteiger charge is 1.86. The summed E-state index contributed by atoms with van der Waals surface area (Å²) < 4.78 is 4.39. The smallest absolute Gasteiger partial charge is 0.145 e. The minimum absolute atomic E-state index is 0.300. The third kappa shape index (κ3) is 6.74. The number of rotatable bonds is 2. The Kier molecular flexibility index (Phi) is 9.17. The molecule has 0 aliphatic rings. The monoisotopic (exact) mass is 230 g/mol. The van der Waals surface area contributed by atoms with Crippen LogP contribution in [0.4, 0.5) is 0 Å². The van der Waals surface area contributed by atoms with Crippen molar-refractivity contribution >= 4 is 43.0 Å². The molecule has 0 saturated heterocycles. The molecule has 0 heterocycles. The fraction of sp³-hybridized carbons (Fsp3) is 0.143. The van der Waals surface area contributed by atoms with Crippen molar-refractivity contribution in [1.82, 2.24) is 0 Å². The van der Waals surface area contributed by atoms with Crippen LogP contribution in [0.25, 0.3) is 0 Å². The van der Waals surface area contributed by atoms with Gasteiger partial charge in [-0.25, -0.2) is 0 Å². The molecular formula is C7H18OSi4. The summed E-state index contributed by atoms with van der Waals surface area (Å²) in [6.07, 6.45) is 0. The highest BCUT2D eigenvalue weighted by Crippen LogP contribution is 1.79. The molecule has 0 atom stereocenters. The van der Waals surface area contributed by atoms with Crippen molar-refractivity contribution in [3.63, 3.8) is 0 Å². The molecule has 1 rings (SSSR count). The van der Waals surface area contributed by atoms with Gasteiger partial charge in [0.25, 0.3) is 0 Å². The van der Waals surface area contributed by atoms with Crippen LogP contribution in [0.1, 0.15) is 0 Å². The normalized spacial score (nSPS) is 11.1. The maximum atomic E-state index is 4.39. The molecule has 0 radical (unpaired) electrons. The van der Waals surface area contributed by atoms with E-state index in [2.05, 4.69) is 34.8 Å². The second kappa shape index (κ2) is 9.14. The van der Waals surface area contributed by atoms with Crippen molar-refractivity contribution < 1.29 is 4.43 Å². The Morgan fingerprint density at radius 1 is 1.25 bits per heavy atom. The summed E-state index contributed by atoms with van der Waals surface area (Å²) in [5, 5.41) is 1.68. The SMILES string of the molecule is CO[SiH3].[SiH3][SiH2][SiH2]c1ccccc1. The van der Waals surface area contributed by atoms with Crippen molar-refractivity contribution in [2.45, 2.75) is 0 Å². The first-order valence-electron chi connectivity index (χ1n) is 4.29. The van der Waals surface area contributed by atoms with E-state index in [9.17, 15) is 0 Å². The average molecular weight is 231 g/mol. The van der Waals surface area contributed by atoms with Crippen molar-refractivity contribution in [3.8, 4) is 0 Å². The highest BCUT2D eigenvalue weighted by molar-refractivity contribution is 7.27. The van der Waals surface area contributed by atoms with E-state index in [0.29, 0.717) is 17.6 Å². The molecule has 5 heteroatoms. The molecule has 0 unspecified atom stereocenters. The lowest BCUT2D eigenvalue weighted by molar-refractivity contribution is 0.460. The maximum Gasteiger partial charge on any atom is 0.145 e. The lowest BCUT2D eigenvalue weighted by atomic mass is 10.4. The van der Waals surface area contributed by atoms with Crippen LogP contribution in [0, 0.1) is 0 Å². The van der Waals surface area contributed by atoms with Gasteiger partial charge in [0.05, 0.1) is 0 Å². The first-order chi connectivity index (χ1) is 5.85. The Bertz CT molecular complexity index is 180. The van der Waals surface area contributed by atoms with Crippen LogP contribution in [0.5, 0.6) is 0 Å². The van der Waals surface area contributed by atoms with Gasteiger partial charge in [-0.1, -0.05) is 35.5 Å². The Morgan fingerprint density at radius 2 is 1.75 bits per heavy atom. The van der Waals surface area contributed by atoms with E-state index < -0.39 is 0 Å². The highest BCUT2D eigenvalue weighted by atomic mass is 29.5. The quantitative estimate of drug-likeness (QED) is 0.485. The fourth-order valence-electron chi connectivity index (χ4n) is 0.933. The van der Waals surface area contributed by atoms with Crippen molar-refractivity contribution in [1.29, 1.82) is 0 Å². The maximum absolute atomic E-state index is 4.39. The summed E-state index contributed by atoms with van der Waals surface area (Å²) in [7, 11) is 4.87. The van der Waals surface area contributed by atoms with Gasteiger partial charge in [-0.3, -0.25) is 0 Å².